The maximum atomic E-state index is 14.6. The fourth-order valence-corrected chi connectivity index (χ4v) is 6.60. The van der Waals surface area contributed by atoms with Gasteiger partial charge >= 0.3 is 0 Å². The highest BCUT2D eigenvalue weighted by Gasteiger charge is 2.35. The van der Waals surface area contributed by atoms with E-state index in [0.29, 0.717) is 24.6 Å². The zero-order valence-electron chi connectivity index (χ0n) is 27.8. The van der Waals surface area contributed by atoms with Gasteiger partial charge < -0.3 is 15.0 Å². The number of carbonyl (C=O) groups is 2. The van der Waals surface area contributed by atoms with Crippen LogP contribution in [0.25, 0.3) is 0 Å². The van der Waals surface area contributed by atoms with Crippen molar-refractivity contribution in [2.24, 2.45) is 5.92 Å². The Morgan fingerprint density at radius 3 is 2.09 bits per heavy atom. The molecule has 1 N–H and O–H groups in total. The SMILES string of the molecule is CCOc1ccc(N(CC(=O)N(Cc2ccccc2C)C(Cc2ccccc2)C(=O)NCC(C)C)S(=O)(=O)c2ccc(C)cc2)cc1. The van der Waals surface area contributed by atoms with E-state index in [1.54, 1.807) is 48.5 Å². The summed E-state index contributed by atoms with van der Waals surface area (Å²) in [6.45, 7) is 10.2. The second kappa shape index (κ2) is 16.3. The van der Waals surface area contributed by atoms with Crippen molar-refractivity contribution in [2.45, 2.75) is 58.5 Å². The van der Waals surface area contributed by atoms with Gasteiger partial charge in [0.15, 0.2) is 0 Å². The Kier molecular flexibility index (Phi) is 12.2. The molecular weight excluding hydrogens is 611 g/mol. The first-order chi connectivity index (χ1) is 22.5. The predicted molar refractivity (Wildman–Crippen MR) is 187 cm³/mol. The van der Waals surface area contributed by atoms with Crippen LogP contribution in [0.3, 0.4) is 0 Å². The maximum Gasteiger partial charge on any atom is 0.264 e. The van der Waals surface area contributed by atoms with E-state index in [2.05, 4.69) is 5.32 Å². The van der Waals surface area contributed by atoms with Crippen LogP contribution in [-0.4, -0.2) is 50.9 Å². The lowest BCUT2D eigenvalue weighted by molar-refractivity contribution is -0.140. The molecule has 4 rings (SSSR count). The number of nitrogens with zero attached hydrogens (tertiary/aromatic N) is 2. The summed E-state index contributed by atoms with van der Waals surface area (Å²) in [5.41, 5.74) is 3.93. The number of anilines is 1. The van der Waals surface area contributed by atoms with Crippen LogP contribution in [0.5, 0.6) is 5.75 Å². The van der Waals surface area contributed by atoms with Gasteiger partial charge in [0, 0.05) is 19.5 Å². The number of hydrogen-bond donors (Lipinski definition) is 1. The lowest BCUT2D eigenvalue weighted by Gasteiger charge is -2.34. The lowest BCUT2D eigenvalue weighted by Crippen LogP contribution is -2.53. The Hall–Kier alpha value is -4.63. The molecule has 0 fully saturated rings. The van der Waals surface area contributed by atoms with Crippen LogP contribution in [0.2, 0.25) is 0 Å². The quantitative estimate of drug-likeness (QED) is 0.162. The molecule has 1 unspecified atom stereocenters. The molecule has 248 valence electrons. The molecule has 0 aromatic heterocycles. The summed E-state index contributed by atoms with van der Waals surface area (Å²) in [5, 5.41) is 3.02. The number of carbonyl (C=O) groups excluding carboxylic acids is 2. The van der Waals surface area contributed by atoms with Gasteiger partial charge in [-0.1, -0.05) is 86.1 Å². The van der Waals surface area contributed by atoms with E-state index in [1.165, 1.54) is 4.90 Å². The van der Waals surface area contributed by atoms with Crippen molar-refractivity contribution in [2.75, 3.05) is 24.0 Å². The van der Waals surface area contributed by atoms with Gasteiger partial charge in [-0.05, 0) is 79.8 Å². The summed E-state index contributed by atoms with van der Waals surface area (Å²) in [4.78, 5) is 30.1. The minimum absolute atomic E-state index is 0.0609. The normalized spacial score (nSPS) is 12.0. The van der Waals surface area contributed by atoms with Gasteiger partial charge in [0.2, 0.25) is 11.8 Å². The van der Waals surface area contributed by atoms with Crippen molar-refractivity contribution >= 4 is 27.5 Å². The Morgan fingerprint density at radius 2 is 1.47 bits per heavy atom. The molecule has 0 radical (unpaired) electrons. The predicted octanol–water partition coefficient (Wildman–Crippen LogP) is 6.31. The van der Waals surface area contributed by atoms with E-state index in [4.69, 9.17) is 4.74 Å². The summed E-state index contributed by atoms with van der Waals surface area (Å²) < 4.78 is 35.2. The fourth-order valence-electron chi connectivity index (χ4n) is 5.19. The Morgan fingerprint density at radius 1 is 0.830 bits per heavy atom. The number of nitrogens with one attached hydrogen (secondary N) is 1. The Balaban J connectivity index is 1.80. The minimum atomic E-state index is -4.19. The molecule has 0 aliphatic rings. The van der Waals surface area contributed by atoms with E-state index in [-0.39, 0.29) is 29.7 Å². The zero-order valence-corrected chi connectivity index (χ0v) is 28.7. The van der Waals surface area contributed by atoms with Crippen LogP contribution >= 0.6 is 0 Å². The molecule has 0 aliphatic carbocycles. The minimum Gasteiger partial charge on any atom is -0.494 e. The molecular formula is C38H45N3O5S. The lowest BCUT2D eigenvalue weighted by atomic mass is 10.0. The molecule has 4 aromatic rings. The first-order valence-corrected chi connectivity index (χ1v) is 17.4. The van der Waals surface area contributed by atoms with Crippen molar-refractivity contribution in [3.05, 3.63) is 125 Å². The van der Waals surface area contributed by atoms with Crippen molar-refractivity contribution in [1.29, 1.82) is 0 Å². The van der Waals surface area contributed by atoms with Crippen LogP contribution in [-0.2, 0) is 32.6 Å². The van der Waals surface area contributed by atoms with Gasteiger partial charge in [-0.25, -0.2) is 8.42 Å². The van der Waals surface area contributed by atoms with Crippen molar-refractivity contribution in [3.8, 4) is 5.75 Å². The van der Waals surface area contributed by atoms with Crippen LogP contribution in [0.1, 0.15) is 43.0 Å². The van der Waals surface area contributed by atoms with Crippen molar-refractivity contribution in [1.82, 2.24) is 10.2 Å². The standard InChI is InChI=1S/C38H45N3O5S/c1-6-46-34-20-18-33(19-21-34)41(47(44,45)35-22-16-29(4)17-23-35)27-37(42)40(26-32-15-11-10-12-30(32)5)36(38(43)39-25-28(2)3)24-31-13-8-7-9-14-31/h7-23,28,36H,6,24-27H2,1-5H3,(H,39,43). The van der Waals surface area contributed by atoms with E-state index in [0.717, 1.165) is 26.6 Å². The van der Waals surface area contributed by atoms with E-state index >= 15 is 0 Å². The average Bonchev–Trinajstić information content (AvgIpc) is 3.06. The number of aryl methyl sites for hydroxylation is 2. The highest BCUT2D eigenvalue weighted by atomic mass is 32.2. The van der Waals surface area contributed by atoms with Gasteiger partial charge in [-0.3, -0.25) is 13.9 Å². The number of rotatable bonds is 15. The second-order valence-electron chi connectivity index (χ2n) is 12.0. The third-order valence-corrected chi connectivity index (χ3v) is 9.67. The molecule has 9 heteroatoms. The van der Waals surface area contributed by atoms with Crippen LogP contribution < -0.4 is 14.4 Å². The molecule has 0 saturated carbocycles. The Bertz CT molecular complexity index is 1720. The number of sulfonamides is 1. The maximum absolute atomic E-state index is 14.6. The summed E-state index contributed by atoms with van der Waals surface area (Å²) in [5.74, 6) is -0.00946. The van der Waals surface area contributed by atoms with E-state index in [1.807, 2.05) is 89.2 Å². The van der Waals surface area contributed by atoms with E-state index < -0.39 is 28.5 Å². The summed E-state index contributed by atoms with van der Waals surface area (Å²) >= 11 is 0. The molecule has 1 atom stereocenters. The topological polar surface area (TPSA) is 96.0 Å². The molecule has 0 spiro atoms. The van der Waals surface area contributed by atoms with Gasteiger partial charge in [-0.15, -0.1) is 0 Å². The molecule has 47 heavy (non-hydrogen) atoms. The summed E-state index contributed by atoms with van der Waals surface area (Å²) in [6.07, 6.45) is 0.260. The molecule has 2 amide bonds. The van der Waals surface area contributed by atoms with Crippen LogP contribution in [0.4, 0.5) is 5.69 Å². The van der Waals surface area contributed by atoms with Crippen molar-refractivity contribution in [3.63, 3.8) is 0 Å². The molecule has 4 aromatic carbocycles. The van der Waals surface area contributed by atoms with Gasteiger partial charge in [-0.2, -0.15) is 0 Å². The number of benzene rings is 4. The zero-order chi connectivity index (χ0) is 34.0. The molecule has 8 nitrogen and oxygen atoms in total. The summed E-state index contributed by atoms with van der Waals surface area (Å²) in [6, 6.07) is 29.5. The highest BCUT2D eigenvalue weighted by Crippen LogP contribution is 2.27. The van der Waals surface area contributed by atoms with E-state index in [9.17, 15) is 18.0 Å². The first kappa shape index (κ1) is 35.2. The molecule has 0 bridgehead atoms. The Labute approximate surface area is 279 Å². The average molecular weight is 656 g/mol. The molecule has 0 heterocycles. The number of amides is 2. The summed E-state index contributed by atoms with van der Waals surface area (Å²) in [7, 11) is -4.19. The first-order valence-electron chi connectivity index (χ1n) is 16.0. The fraction of sp³-hybridized carbons (Fsp3) is 0.316. The third-order valence-electron chi connectivity index (χ3n) is 7.88. The smallest absolute Gasteiger partial charge is 0.264 e. The monoisotopic (exact) mass is 655 g/mol. The highest BCUT2D eigenvalue weighted by molar-refractivity contribution is 7.92. The number of ether oxygens (including phenoxy) is 1. The van der Waals surface area contributed by atoms with Crippen LogP contribution in [0, 0.1) is 19.8 Å². The second-order valence-corrected chi connectivity index (χ2v) is 13.9. The van der Waals surface area contributed by atoms with Gasteiger partial charge in [0.25, 0.3) is 10.0 Å². The van der Waals surface area contributed by atoms with Crippen molar-refractivity contribution < 1.29 is 22.7 Å². The number of hydrogen-bond acceptors (Lipinski definition) is 5. The largest absolute Gasteiger partial charge is 0.494 e. The molecule has 0 saturated heterocycles. The molecule has 0 aliphatic heterocycles. The van der Waals surface area contributed by atoms with Gasteiger partial charge in [0.1, 0.15) is 18.3 Å². The van der Waals surface area contributed by atoms with Gasteiger partial charge in [0.05, 0.1) is 17.2 Å². The third kappa shape index (κ3) is 9.45. The van der Waals surface area contributed by atoms with Crippen LogP contribution in [0.15, 0.2) is 108 Å².